The fraction of sp³-hybridized carbons (Fsp3) is 0.357. The van der Waals surface area contributed by atoms with Crippen molar-refractivity contribution in [2.75, 3.05) is 7.11 Å². The van der Waals surface area contributed by atoms with Crippen LogP contribution < -0.4 is 4.74 Å². The van der Waals surface area contributed by atoms with Gasteiger partial charge in [0.1, 0.15) is 5.75 Å². The number of nitrogens with zero attached hydrogens (tertiary/aromatic N) is 1. The summed E-state index contributed by atoms with van der Waals surface area (Å²) in [6.07, 6.45) is 0.927. The van der Waals surface area contributed by atoms with Gasteiger partial charge in [0.2, 0.25) is 0 Å². The van der Waals surface area contributed by atoms with Gasteiger partial charge < -0.3 is 9.30 Å². The van der Waals surface area contributed by atoms with Crippen LogP contribution in [-0.2, 0) is 0 Å². The summed E-state index contributed by atoms with van der Waals surface area (Å²) in [6, 6.07) is 6.19. The van der Waals surface area contributed by atoms with E-state index in [1.165, 1.54) is 0 Å². The molecule has 0 amide bonds. The number of ether oxygens (including phenoxy) is 1. The Morgan fingerprint density at radius 2 is 2.06 bits per heavy atom. The fourth-order valence-electron chi connectivity index (χ4n) is 2.39. The molecular weight excluding hydrogens is 214 g/mol. The Balaban J connectivity index is 2.85. The maximum absolute atomic E-state index is 11.2. The van der Waals surface area contributed by atoms with Crippen LogP contribution in [0.1, 0.15) is 35.9 Å². The van der Waals surface area contributed by atoms with Crippen molar-refractivity contribution in [2.45, 2.75) is 26.8 Å². The van der Waals surface area contributed by atoms with E-state index in [-0.39, 0.29) is 0 Å². The first-order valence-corrected chi connectivity index (χ1v) is 5.73. The summed E-state index contributed by atoms with van der Waals surface area (Å²) in [5.41, 5.74) is 2.85. The molecule has 0 saturated heterocycles. The number of hydrogen-bond acceptors (Lipinski definition) is 2. The first-order chi connectivity index (χ1) is 8.10. The number of carbonyl (C=O) groups is 1. The maximum Gasteiger partial charge on any atom is 0.152 e. The van der Waals surface area contributed by atoms with Gasteiger partial charge in [0, 0.05) is 28.2 Å². The van der Waals surface area contributed by atoms with Gasteiger partial charge in [0.25, 0.3) is 0 Å². The summed E-state index contributed by atoms with van der Waals surface area (Å²) < 4.78 is 7.39. The third-order valence-corrected chi connectivity index (χ3v) is 3.14. The highest BCUT2D eigenvalue weighted by atomic mass is 16.5. The molecular formula is C14H17NO2. The van der Waals surface area contributed by atoms with E-state index in [1.807, 2.05) is 25.1 Å². The topological polar surface area (TPSA) is 31.2 Å². The van der Waals surface area contributed by atoms with Gasteiger partial charge in [0.15, 0.2) is 6.29 Å². The lowest BCUT2D eigenvalue weighted by atomic mass is 10.1. The number of fused-ring (bicyclic) bond motifs is 1. The molecule has 0 radical (unpaired) electrons. The van der Waals surface area contributed by atoms with E-state index < -0.39 is 0 Å². The van der Waals surface area contributed by atoms with Gasteiger partial charge in [-0.15, -0.1) is 0 Å². The molecule has 1 aromatic heterocycles. The van der Waals surface area contributed by atoms with Gasteiger partial charge in [-0.05, 0) is 39.0 Å². The molecule has 0 bridgehead atoms. The molecule has 0 aliphatic heterocycles. The number of benzene rings is 1. The molecule has 1 aromatic carbocycles. The van der Waals surface area contributed by atoms with Gasteiger partial charge in [0.05, 0.1) is 7.11 Å². The van der Waals surface area contributed by atoms with Crippen molar-refractivity contribution >= 4 is 17.2 Å². The molecule has 0 N–H and O–H groups in total. The SMILES string of the molecule is COc1ccc2c(c1)c(C=O)c(C)n2C(C)C. The Kier molecular flexibility index (Phi) is 2.92. The lowest BCUT2D eigenvalue weighted by Gasteiger charge is -2.12. The highest BCUT2D eigenvalue weighted by Crippen LogP contribution is 2.30. The average Bonchev–Trinajstić information content (AvgIpc) is 2.59. The Labute approximate surface area is 101 Å². The standard InChI is InChI=1S/C14H17NO2/c1-9(2)15-10(3)13(8-16)12-7-11(17-4)5-6-14(12)15/h5-9H,1-4H3. The number of rotatable bonds is 3. The zero-order valence-corrected chi connectivity index (χ0v) is 10.7. The molecule has 0 aliphatic carbocycles. The minimum Gasteiger partial charge on any atom is -0.497 e. The average molecular weight is 231 g/mol. The van der Waals surface area contributed by atoms with Gasteiger partial charge in [-0.2, -0.15) is 0 Å². The highest BCUT2D eigenvalue weighted by Gasteiger charge is 2.15. The summed E-state index contributed by atoms with van der Waals surface area (Å²) in [4.78, 5) is 11.2. The van der Waals surface area contributed by atoms with Crippen LogP contribution in [0.4, 0.5) is 0 Å². The van der Waals surface area contributed by atoms with Crippen LogP contribution in [0.2, 0.25) is 0 Å². The van der Waals surface area contributed by atoms with Crippen LogP contribution in [0.15, 0.2) is 18.2 Å². The normalized spacial score (nSPS) is 11.1. The zero-order chi connectivity index (χ0) is 12.6. The quantitative estimate of drug-likeness (QED) is 0.758. The number of carbonyl (C=O) groups excluding carboxylic acids is 1. The van der Waals surface area contributed by atoms with E-state index in [0.717, 1.165) is 34.2 Å². The number of methoxy groups -OCH3 is 1. The second kappa shape index (κ2) is 4.24. The van der Waals surface area contributed by atoms with Crippen LogP contribution >= 0.6 is 0 Å². The van der Waals surface area contributed by atoms with Gasteiger partial charge in [-0.3, -0.25) is 4.79 Å². The number of hydrogen-bond donors (Lipinski definition) is 0. The molecule has 0 fully saturated rings. The first-order valence-electron chi connectivity index (χ1n) is 5.73. The smallest absolute Gasteiger partial charge is 0.152 e. The molecule has 1 heterocycles. The van der Waals surface area contributed by atoms with E-state index >= 15 is 0 Å². The second-order valence-electron chi connectivity index (χ2n) is 4.46. The molecule has 0 aliphatic rings. The summed E-state index contributed by atoms with van der Waals surface area (Å²) in [6.45, 7) is 6.21. The Morgan fingerprint density at radius 1 is 1.35 bits per heavy atom. The van der Waals surface area contributed by atoms with E-state index in [2.05, 4.69) is 18.4 Å². The van der Waals surface area contributed by atoms with Crippen LogP contribution in [0.5, 0.6) is 5.75 Å². The van der Waals surface area contributed by atoms with Crippen LogP contribution in [0, 0.1) is 6.92 Å². The zero-order valence-electron chi connectivity index (χ0n) is 10.7. The lowest BCUT2D eigenvalue weighted by molar-refractivity contribution is 0.112. The summed E-state index contributed by atoms with van der Waals surface area (Å²) in [7, 11) is 1.63. The van der Waals surface area contributed by atoms with Crippen molar-refractivity contribution in [3.05, 3.63) is 29.5 Å². The van der Waals surface area contributed by atoms with E-state index in [1.54, 1.807) is 7.11 Å². The van der Waals surface area contributed by atoms with Crippen molar-refractivity contribution in [2.24, 2.45) is 0 Å². The summed E-state index contributed by atoms with van der Waals surface area (Å²) >= 11 is 0. The third kappa shape index (κ3) is 1.71. The van der Waals surface area contributed by atoms with Crippen molar-refractivity contribution in [1.29, 1.82) is 0 Å². The first kappa shape index (κ1) is 11.7. The molecule has 0 atom stereocenters. The van der Waals surface area contributed by atoms with Crippen LogP contribution in [0.25, 0.3) is 10.9 Å². The molecule has 0 spiro atoms. The molecule has 17 heavy (non-hydrogen) atoms. The summed E-state index contributed by atoms with van der Waals surface area (Å²) in [5.74, 6) is 0.779. The minimum atomic E-state index is 0.333. The van der Waals surface area contributed by atoms with Crippen LogP contribution in [0.3, 0.4) is 0 Å². The lowest BCUT2D eigenvalue weighted by Crippen LogP contribution is -2.02. The van der Waals surface area contributed by atoms with Crippen molar-refractivity contribution in [3.63, 3.8) is 0 Å². The number of aromatic nitrogens is 1. The third-order valence-electron chi connectivity index (χ3n) is 3.14. The molecule has 0 saturated carbocycles. The van der Waals surface area contributed by atoms with Gasteiger partial charge in [-0.25, -0.2) is 0 Å². The van der Waals surface area contributed by atoms with Crippen LogP contribution in [-0.4, -0.2) is 18.0 Å². The molecule has 90 valence electrons. The van der Waals surface area contributed by atoms with Crippen molar-refractivity contribution in [3.8, 4) is 5.75 Å². The van der Waals surface area contributed by atoms with E-state index in [4.69, 9.17) is 4.74 Å². The largest absolute Gasteiger partial charge is 0.497 e. The molecule has 3 heteroatoms. The highest BCUT2D eigenvalue weighted by molar-refractivity contribution is 6.00. The molecule has 0 unspecified atom stereocenters. The predicted octanol–water partition coefficient (Wildman–Crippen LogP) is 3.35. The molecule has 2 rings (SSSR count). The van der Waals surface area contributed by atoms with Gasteiger partial charge in [-0.1, -0.05) is 0 Å². The van der Waals surface area contributed by atoms with E-state index in [0.29, 0.717) is 6.04 Å². The fourth-order valence-corrected chi connectivity index (χ4v) is 2.39. The molecule has 3 nitrogen and oxygen atoms in total. The van der Waals surface area contributed by atoms with Gasteiger partial charge >= 0.3 is 0 Å². The number of aldehydes is 1. The maximum atomic E-state index is 11.2. The second-order valence-corrected chi connectivity index (χ2v) is 4.46. The Morgan fingerprint density at radius 3 is 2.59 bits per heavy atom. The van der Waals surface area contributed by atoms with Crippen molar-refractivity contribution < 1.29 is 9.53 Å². The Bertz CT molecular complexity index is 567. The van der Waals surface area contributed by atoms with Crippen molar-refractivity contribution in [1.82, 2.24) is 4.57 Å². The minimum absolute atomic E-state index is 0.333. The monoisotopic (exact) mass is 231 g/mol. The van der Waals surface area contributed by atoms with E-state index in [9.17, 15) is 4.79 Å². The molecule has 2 aromatic rings. The Hall–Kier alpha value is -1.77. The summed E-state index contributed by atoms with van der Waals surface area (Å²) in [5, 5.41) is 0.963. The predicted molar refractivity (Wildman–Crippen MR) is 69.0 cm³/mol.